The van der Waals surface area contributed by atoms with Gasteiger partial charge in [-0.1, -0.05) is 24.3 Å². The van der Waals surface area contributed by atoms with Gasteiger partial charge in [-0.05, 0) is 37.6 Å². The summed E-state index contributed by atoms with van der Waals surface area (Å²) >= 11 is 0. The first kappa shape index (κ1) is 15.2. The lowest BCUT2D eigenvalue weighted by molar-refractivity contribution is 0.323. The van der Waals surface area contributed by atoms with E-state index in [-0.39, 0.29) is 16.8 Å². The minimum absolute atomic E-state index is 0.235. The van der Waals surface area contributed by atoms with Crippen LogP contribution < -0.4 is 0 Å². The molecule has 1 saturated heterocycles. The average molecular weight is 297 g/mol. The Morgan fingerprint density at radius 2 is 2.00 bits per heavy atom. The highest BCUT2D eigenvalue weighted by atomic mass is 32.2. The Balaban J connectivity index is 1.89. The number of benzene rings is 1. The van der Waals surface area contributed by atoms with Crippen LogP contribution in [0.25, 0.3) is 6.08 Å². The molecular formula is C15H20FNO2S. The van der Waals surface area contributed by atoms with Gasteiger partial charge in [0.25, 0.3) is 0 Å². The molecule has 0 N–H and O–H groups in total. The second-order valence-electron chi connectivity index (χ2n) is 5.22. The molecule has 5 heteroatoms. The summed E-state index contributed by atoms with van der Waals surface area (Å²) in [7, 11) is -2.92. The highest BCUT2D eigenvalue weighted by Gasteiger charge is 2.25. The van der Waals surface area contributed by atoms with Crippen molar-refractivity contribution in [1.82, 2.24) is 4.90 Å². The third kappa shape index (κ3) is 4.15. The summed E-state index contributed by atoms with van der Waals surface area (Å²) in [5.41, 5.74) is 0.946. The molecule has 0 bridgehead atoms. The first-order valence-electron chi connectivity index (χ1n) is 6.83. The normalized spacial score (nSPS) is 23.8. The molecule has 1 unspecified atom stereocenters. The van der Waals surface area contributed by atoms with Crippen molar-refractivity contribution < 1.29 is 12.8 Å². The van der Waals surface area contributed by atoms with Gasteiger partial charge in [-0.15, -0.1) is 0 Å². The fourth-order valence-corrected chi connectivity index (χ4v) is 3.59. The van der Waals surface area contributed by atoms with E-state index >= 15 is 0 Å². The summed E-state index contributed by atoms with van der Waals surface area (Å²) < 4.78 is 36.4. The third-order valence-corrected chi connectivity index (χ3v) is 5.91. The number of hydrogen-bond donors (Lipinski definition) is 0. The van der Waals surface area contributed by atoms with E-state index in [9.17, 15) is 12.8 Å². The second-order valence-corrected chi connectivity index (χ2v) is 7.76. The van der Waals surface area contributed by atoms with Crippen LogP contribution in [0.15, 0.2) is 30.3 Å². The van der Waals surface area contributed by atoms with Gasteiger partial charge in [0.05, 0.1) is 11.0 Å². The van der Waals surface area contributed by atoms with Crippen molar-refractivity contribution in [3.8, 4) is 0 Å². The Morgan fingerprint density at radius 3 is 2.70 bits per heavy atom. The van der Waals surface area contributed by atoms with Crippen molar-refractivity contribution in [2.24, 2.45) is 0 Å². The SMILES string of the molecule is CC1CCN(CC=Cc2ccc(F)cc2)CCS1(=O)=O. The molecule has 1 aromatic carbocycles. The van der Waals surface area contributed by atoms with Gasteiger partial charge in [0.15, 0.2) is 9.84 Å². The number of rotatable bonds is 3. The number of sulfone groups is 1. The highest BCUT2D eigenvalue weighted by molar-refractivity contribution is 7.92. The van der Waals surface area contributed by atoms with Gasteiger partial charge in [0.2, 0.25) is 0 Å². The summed E-state index contributed by atoms with van der Waals surface area (Å²) in [6.45, 7) is 3.89. The summed E-state index contributed by atoms with van der Waals surface area (Å²) in [5, 5.41) is -0.242. The Hall–Kier alpha value is -1.20. The first-order chi connectivity index (χ1) is 9.47. The zero-order valence-electron chi connectivity index (χ0n) is 11.6. The van der Waals surface area contributed by atoms with Crippen LogP contribution in [0.1, 0.15) is 18.9 Å². The van der Waals surface area contributed by atoms with Crippen LogP contribution in [0, 0.1) is 5.82 Å². The Labute approximate surface area is 120 Å². The van der Waals surface area contributed by atoms with Crippen LogP contribution >= 0.6 is 0 Å². The lowest BCUT2D eigenvalue weighted by Gasteiger charge is -2.16. The molecule has 0 amide bonds. The molecule has 1 atom stereocenters. The van der Waals surface area contributed by atoms with Crippen molar-refractivity contribution in [3.63, 3.8) is 0 Å². The maximum Gasteiger partial charge on any atom is 0.154 e. The van der Waals surface area contributed by atoms with Gasteiger partial charge in [0.1, 0.15) is 5.82 Å². The van der Waals surface area contributed by atoms with Gasteiger partial charge >= 0.3 is 0 Å². The number of halogens is 1. The first-order valence-corrected chi connectivity index (χ1v) is 8.55. The largest absolute Gasteiger partial charge is 0.299 e. The van der Waals surface area contributed by atoms with Gasteiger partial charge in [-0.25, -0.2) is 12.8 Å². The molecule has 3 nitrogen and oxygen atoms in total. The van der Waals surface area contributed by atoms with E-state index in [2.05, 4.69) is 4.90 Å². The van der Waals surface area contributed by atoms with Crippen molar-refractivity contribution in [2.45, 2.75) is 18.6 Å². The van der Waals surface area contributed by atoms with Gasteiger partial charge in [-0.3, -0.25) is 4.90 Å². The van der Waals surface area contributed by atoms with Crippen LogP contribution in [-0.4, -0.2) is 44.0 Å². The van der Waals surface area contributed by atoms with Crippen molar-refractivity contribution >= 4 is 15.9 Å². The molecule has 0 aliphatic carbocycles. The molecule has 1 aliphatic heterocycles. The van der Waals surface area contributed by atoms with E-state index in [4.69, 9.17) is 0 Å². The van der Waals surface area contributed by atoms with E-state index in [1.165, 1.54) is 12.1 Å². The zero-order valence-corrected chi connectivity index (χ0v) is 12.4. The molecule has 0 saturated carbocycles. The smallest absolute Gasteiger partial charge is 0.154 e. The molecule has 2 rings (SSSR count). The molecule has 110 valence electrons. The fraction of sp³-hybridized carbons (Fsp3) is 0.467. The van der Waals surface area contributed by atoms with Gasteiger partial charge in [0, 0.05) is 13.1 Å². The number of nitrogens with zero attached hydrogens (tertiary/aromatic N) is 1. The predicted octanol–water partition coefficient (Wildman–Crippen LogP) is 2.35. The number of hydrogen-bond acceptors (Lipinski definition) is 3. The maximum absolute atomic E-state index is 12.8. The average Bonchev–Trinajstić information content (AvgIpc) is 2.54. The van der Waals surface area contributed by atoms with Gasteiger partial charge < -0.3 is 0 Å². The van der Waals surface area contributed by atoms with Crippen molar-refractivity contribution in [3.05, 3.63) is 41.7 Å². The zero-order chi connectivity index (χ0) is 14.6. The van der Waals surface area contributed by atoms with E-state index in [1.807, 2.05) is 12.2 Å². The highest BCUT2D eigenvalue weighted by Crippen LogP contribution is 2.13. The summed E-state index contributed by atoms with van der Waals surface area (Å²) in [5.74, 6) is -0.00712. The molecule has 20 heavy (non-hydrogen) atoms. The summed E-state index contributed by atoms with van der Waals surface area (Å²) in [4.78, 5) is 2.14. The molecule has 0 spiro atoms. The van der Waals surface area contributed by atoms with E-state index in [0.29, 0.717) is 13.0 Å². The van der Waals surface area contributed by atoms with E-state index in [0.717, 1.165) is 18.7 Å². The summed E-state index contributed by atoms with van der Waals surface area (Å²) in [6.07, 6.45) is 4.62. The standard InChI is InChI=1S/C15H20FNO2S/c1-13-8-10-17(11-12-20(13,18)19)9-2-3-14-4-6-15(16)7-5-14/h2-7,13H,8-12H2,1H3. The van der Waals surface area contributed by atoms with Crippen LogP contribution in [0.4, 0.5) is 4.39 Å². The van der Waals surface area contributed by atoms with Crippen LogP contribution in [0.3, 0.4) is 0 Å². The molecule has 1 aliphatic rings. The van der Waals surface area contributed by atoms with Crippen LogP contribution in [-0.2, 0) is 9.84 Å². The van der Waals surface area contributed by atoms with E-state index in [1.54, 1.807) is 19.1 Å². The third-order valence-electron chi connectivity index (χ3n) is 3.70. The van der Waals surface area contributed by atoms with Crippen molar-refractivity contribution in [2.75, 3.05) is 25.4 Å². The molecular weight excluding hydrogens is 277 g/mol. The molecule has 0 radical (unpaired) electrons. The Kier molecular flexibility index (Phi) is 4.94. The topological polar surface area (TPSA) is 37.4 Å². The molecule has 1 aromatic rings. The quantitative estimate of drug-likeness (QED) is 0.859. The van der Waals surface area contributed by atoms with Gasteiger partial charge in [-0.2, -0.15) is 0 Å². The van der Waals surface area contributed by atoms with E-state index < -0.39 is 9.84 Å². The predicted molar refractivity (Wildman–Crippen MR) is 79.7 cm³/mol. The molecule has 0 aromatic heterocycles. The lowest BCUT2D eigenvalue weighted by Crippen LogP contribution is -2.27. The molecule has 1 heterocycles. The van der Waals surface area contributed by atoms with Crippen LogP contribution in [0.5, 0.6) is 0 Å². The monoisotopic (exact) mass is 297 g/mol. The molecule has 1 fully saturated rings. The summed E-state index contributed by atoms with van der Waals surface area (Å²) in [6, 6.07) is 6.31. The second kappa shape index (κ2) is 6.50. The Bertz CT molecular complexity index is 566. The maximum atomic E-state index is 12.8. The minimum Gasteiger partial charge on any atom is -0.299 e. The lowest BCUT2D eigenvalue weighted by atomic mass is 10.2. The Morgan fingerprint density at radius 1 is 1.30 bits per heavy atom. The fourth-order valence-electron chi connectivity index (χ4n) is 2.21. The van der Waals surface area contributed by atoms with Crippen LogP contribution in [0.2, 0.25) is 0 Å². The minimum atomic E-state index is -2.92. The van der Waals surface area contributed by atoms with Crippen molar-refractivity contribution in [1.29, 1.82) is 0 Å².